The van der Waals surface area contributed by atoms with Crippen LogP contribution in [0.4, 0.5) is 0 Å². The minimum absolute atomic E-state index is 0.120. The first-order chi connectivity index (χ1) is 5.20. The monoisotopic (exact) mass is 155 g/mol. The first kappa shape index (κ1) is 10.5. The van der Waals surface area contributed by atoms with E-state index in [0.717, 1.165) is 12.8 Å². The Morgan fingerprint density at radius 2 is 2.27 bits per heavy atom. The van der Waals surface area contributed by atoms with Crippen LogP contribution in [0.25, 0.3) is 0 Å². The Kier molecular flexibility index (Phi) is 5.91. The van der Waals surface area contributed by atoms with Gasteiger partial charge in [-0.25, -0.2) is 0 Å². The van der Waals surface area contributed by atoms with Crippen LogP contribution in [0.3, 0.4) is 0 Å². The average Bonchev–Trinajstić information content (AvgIpc) is 1.97. The first-order valence-corrected chi connectivity index (χ1v) is 4.08. The van der Waals surface area contributed by atoms with Crippen molar-refractivity contribution in [2.75, 3.05) is 6.54 Å². The van der Waals surface area contributed by atoms with Gasteiger partial charge in [0.1, 0.15) is 0 Å². The van der Waals surface area contributed by atoms with Crippen molar-refractivity contribution in [3.05, 3.63) is 0 Å². The highest BCUT2D eigenvalue weighted by Crippen LogP contribution is 1.94. The lowest BCUT2D eigenvalue weighted by Crippen LogP contribution is -2.33. The molecule has 0 aromatic rings. The summed E-state index contributed by atoms with van der Waals surface area (Å²) in [5, 5.41) is 12.0. The summed E-state index contributed by atoms with van der Waals surface area (Å²) in [6.45, 7) is 4.41. The van der Waals surface area contributed by atoms with E-state index in [0.29, 0.717) is 6.54 Å². The van der Waals surface area contributed by atoms with Crippen molar-refractivity contribution in [2.24, 2.45) is 0 Å². The molecule has 0 saturated heterocycles. The van der Waals surface area contributed by atoms with Gasteiger partial charge >= 0.3 is 0 Å². The van der Waals surface area contributed by atoms with Crippen LogP contribution in [0.15, 0.2) is 0 Å². The summed E-state index contributed by atoms with van der Waals surface area (Å²) in [4.78, 5) is 0. The number of rotatable bonds is 5. The van der Waals surface area contributed by atoms with Gasteiger partial charge < -0.3 is 10.4 Å². The summed E-state index contributed by atoms with van der Waals surface area (Å²) in [6.07, 6.45) is 6.98. The number of hydrogen-bond acceptors (Lipinski definition) is 2. The lowest BCUT2D eigenvalue weighted by molar-refractivity contribution is 0.188. The van der Waals surface area contributed by atoms with Gasteiger partial charge in [0, 0.05) is 6.54 Å². The third-order valence-corrected chi connectivity index (χ3v) is 1.44. The standard InChI is InChI=1S/C9H17NO/c1-4-6-9(5-2)10-7-8(3)11/h2,8-11H,4,6-7H2,1,3H3/t8-,9?/m1/s1. The van der Waals surface area contributed by atoms with Crippen molar-refractivity contribution in [2.45, 2.75) is 38.8 Å². The van der Waals surface area contributed by atoms with Gasteiger partial charge in [0.25, 0.3) is 0 Å². The van der Waals surface area contributed by atoms with Crippen LogP contribution in [0.5, 0.6) is 0 Å². The molecule has 0 amide bonds. The van der Waals surface area contributed by atoms with Gasteiger partial charge in [-0.15, -0.1) is 6.42 Å². The lowest BCUT2D eigenvalue weighted by atomic mass is 10.2. The summed E-state index contributed by atoms with van der Waals surface area (Å²) in [5.41, 5.74) is 0. The average molecular weight is 155 g/mol. The molecule has 0 saturated carbocycles. The highest BCUT2D eigenvalue weighted by Gasteiger charge is 2.02. The van der Waals surface area contributed by atoms with Crippen LogP contribution < -0.4 is 5.32 Å². The molecule has 0 bridgehead atoms. The van der Waals surface area contributed by atoms with Gasteiger partial charge in [-0.2, -0.15) is 0 Å². The summed E-state index contributed by atoms with van der Waals surface area (Å²) in [5.74, 6) is 2.64. The molecule has 2 nitrogen and oxygen atoms in total. The van der Waals surface area contributed by atoms with Gasteiger partial charge in [0.05, 0.1) is 12.1 Å². The van der Waals surface area contributed by atoms with Crippen molar-refractivity contribution in [3.8, 4) is 12.3 Å². The Hall–Kier alpha value is -0.520. The molecule has 2 atom stereocenters. The van der Waals surface area contributed by atoms with Crippen molar-refractivity contribution >= 4 is 0 Å². The van der Waals surface area contributed by atoms with Gasteiger partial charge in [-0.05, 0) is 13.3 Å². The van der Waals surface area contributed by atoms with Crippen molar-refractivity contribution < 1.29 is 5.11 Å². The van der Waals surface area contributed by atoms with Crippen molar-refractivity contribution in [1.29, 1.82) is 0 Å². The predicted molar refractivity (Wildman–Crippen MR) is 47.2 cm³/mol. The van der Waals surface area contributed by atoms with Crippen LogP contribution >= 0.6 is 0 Å². The molecule has 0 radical (unpaired) electrons. The largest absolute Gasteiger partial charge is 0.392 e. The smallest absolute Gasteiger partial charge is 0.0687 e. The van der Waals surface area contributed by atoms with E-state index in [1.165, 1.54) is 0 Å². The zero-order valence-electron chi connectivity index (χ0n) is 7.30. The highest BCUT2D eigenvalue weighted by molar-refractivity contribution is 4.98. The second kappa shape index (κ2) is 6.21. The lowest BCUT2D eigenvalue weighted by Gasteiger charge is -2.12. The number of terminal acetylenes is 1. The van der Waals surface area contributed by atoms with E-state index in [9.17, 15) is 0 Å². The van der Waals surface area contributed by atoms with Crippen LogP contribution in [-0.2, 0) is 0 Å². The van der Waals surface area contributed by atoms with Crippen molar-refractivity contribution in [3.63, 3.8) is 0 Å². The second-order valence-corrected chi connectivity index (χ2v) is 2.77. The zero-order valence-corrected chi connectivity index (χ0v) is 7.30. The van der Waals surface area contributed by atoms with E-state index in [4.69, 9.17) is 11.5 Å². The van der Waals surface area contributed by atoms with E-state index in [-0.39, 0.29) is 12.1 Å². The maximum Gasteiger partial charge on any atom is 0.0687 e. The molecule has 0 aliphatic carbocycles. The molecule has 2 heteroatoms. The molecule has 0 aliphatic heterocycles. The molecule has 0 aromatic carbocycles. The molecule has 2 N–H and O–H groups in total. The van der Waals surface area contributed by atoms with E-state index in [1.54, 1.807) is 6.92 Å². The fourth-order valence-electron chi connectivity index (χ4n) is 0.846. The van der Waals surface area contributed by atoms with Gasteiger partial charge in [-0.3, -0.25) is 0 Å². The quantitative estimate of drug-likeness (QED) is 0.574. The maximum absolute atomic E-state index is 8.93. The van der Waals surface area contributed by atoms with E-state index < -0.39 is 0 Å². The maximum atomic E-state index is 8.93. The Labute approximate surface area is 69.0 Å². The summed E-state index contributed by atoms with van der Waals surface area (Å²) >= 11 is 0. The molecular formula is C9H17NO. The van der Waals surface area contributed by atoms with Crippen LogP contribution in [-0.4, -0.2) is 23.8 Å². The third-order valence-electron chi connectivity index (χ3n) is 1.44. The molecule has 0 fully saturated rings. The molecule has 11 heavy (non-hydrogen) atoms. The summed E-state index contributed by atoms with van der Waals surface area (Å²) in [7, 11) is 0. The van der Waals surface area contributed by atoms with Gasteiger partial charge in [0.2, 0.25) is 0 Å². The zero-order chi connectivity index (χ0) is 8.69. The van der Waals surface area contributed by atoms with E-state index in [1.807, 2.05) is 0 Å². The molecule has 0 rings (SSSR count). The Morgan fingerprint density at radius 3 is 2.64 bits per heavy atom. The number of hydrogen-bond donors (Lipinski definition) is 2. The Bertz CT molecular complexity index is 126. The molecule has 0 spiro atoms. The molecule has 1 unspecified atom stereocenters. The van der Waals surface area contributed by atoms with E-state index in [2.05, 4.69) is 18.2 Å². The second-order valence-electron chi connectivity index (χ2n) is 2.77. The fraction of sp³-hybridized carbons (Fsp3) is 0.778. The summed E-state index contributed by atoms with van der Waals surface area (Å²) < 4.78 is 0. The van der Waals surface area contributed by atoms with Gasteiger partial charge in [0.15, 0.2) is 0 Å². The van der Waals surface area contributed by atoms with E-state index >= 15 is 0 Å². The number of nitrogens with one attached hydrogen (secondary N) is 1. The first-order valence-electron chi connectivity index (χ1n) is 4.08. The molecule has 0 heterocycles. The number of aliphatic hydroxyl groups is 1. The Balaban J connectivity index is 3.46. The molecule has 0 aliphatic rings. The fourth-order valence-corrected chi connectivity index (χ4v) is 0.846. The van der Waals surface area contributed by atoms with Crippen LogP contribution in [0.2, 0.25) is 0 Å². The third kappa shape index (κ3) is 5.90. The minimum atomic E-state index is -0.317. The van der Waals surface area contributed by atoms with Crippen LogP contribution in [0, 0.1) is 12.3 Å². The SMILES string of the molecule is C#CC(CCC)NC[C@@H](C)O. The van der Waals surface area contributed by atoms with Gasteiger partial charge in [-0.1, -0.05) is 19.3 Å². The number of aliphatic hydroxyl groups excluding tert-OH is 1. The molecule has 64 valence electrons. The molecular weight excluding hydrogens is 138 g/mol. The highest BCUT2D eigenvalue weighted by atomic mass is 16.3. The predicted octanol–water partition coefficient (Wildman–Crippen LogP) is 0.759. The normalized spacial score (nSPS) is 15.5. The molecule has 0 aromatic heterocycles. The minimum Gasteiger partial charge on any atom is -0.392 e. The summed E-state index contributed by atoms with van der Waals surface area (Å²) in [6, 6.07) is 0.120. The van der Waals surface area contributed by atoms with Crippen molar-refractivity contribution in [1.82, 2.24) is 5.32 Å². The Morgan fingerprint density at radius 1 is 1.64 bits per heavy atom. The van der Waals surface area contributed by atoms with Crippen LogP contribution in [0.1, 0.15) is 26.7 Å². The topological polar surface area (TPSA) is 32.3 Å².